The number of ether oxygens (including phenoxy) is 1. The van der Waals surface area contributed by atoms with Crippen LogP contribution in [-0.2, 0) is 11.3 Å². The third kappa shape index (κ3) is 6.01. The maximum atomic E-state index is 9.77. The van der Waals surface area contributed by atoms with Crippen molar-refractivity contribution in [2.45, 2.75) is 31.6 Å². The SMILES string of the molecule is CN(CCNCC(O)COCc1cccs1)C1CC1. The Morgan fingerprint density at radius 2 is 2.42 bits per heavy atom. The second kappa shape index (κ2) is 7.97. The molecule has 1 fully saturated rings. The fourth-order valence-electron chi connectivity index (χ4n) is 1.97. The lowest BCUT2D eigenvalue weighted by atomic mass is 10.3. The van der Waals surface area contributed by atoms with Crippen molar-refractivity contribution < 1.29 is 9.84 Å². The van der Waals surface area contributed by atoms with Crippen molar-refractivity contribution in [2.75, 3.05) is 33.3 Å². The van der Waals surface area contributed by atoms with Crippen LogP contribution in [0.25, 0.3) is 0 Å². The Balaban J connectivity index is 1.44. The third-order valence-corrected chi connectivity index (χ3v) is 4.18. The van der Waals surface area contributed by atoms with Crippen molar-refractivity contribution in [3.63, 3.8) is 0 Å². The van der Waals surface area contributed by atoms with Crippen LogP contribution in [0.4, 0.5) is 0 Å². The van der Waals surface area contributed by atoms with Gasteiger partial charge in [0.05, 0.1) is 19.3 Å². The van der Waals surface area contributed by atoms with Crippen molar-refractivity contribution in [2.24, 2.45) is 0 Å². The third-order valence-electron chi connectivity index (χ3n) is 3.33. The summed E-state index contributed by atoms with van der Waals surface area (Å²) in [4.78, 5) is 3.58. The summed E-state index contributed by atoms with van der Waals surface area (Å²) in [5.41, 5.74) is 0. The van der Waals surface area contributed by atoms with Crippen LogP contribution in [0.1, 0.15) is 17.7 Å². The lowest BCUT2D eigenvalue weighted by molar-refractivity contribution is 0.0297. The molecular formula is C14H24N2O2S. The second-order valence-electron chi connectivity index (χ2n) is 5.16. The summed E-state index contributed by atoms with van der Waals surface area (Å²) in [7, 11) is 2.17. The number of likely N-dealkylation sites (N-methyl/N-ethyl adjacent to an activating group) is 1. The van der Waals surface area contributed by atoms with Gasteiger partial charge in [0.25, 0.3) is 0 Å². The average Bonchev–Trinajstić information content (AvgIpc) is 3.13. The molecule has 0 radical (unpaired) electrons. The van der Waals surface area contributed by atoms with Crippen LogP contribution in [0, 0.1) is 0 Å². The van der Waals surface area contributed by atoms with Crippen LogP contribution >= 0.6 is 11.3 Å². The molecule has 1 saturated carbocycles. The van der Waals surface area contributed by atoms with Gasteiger partial charge < -0.3 is 20.1 Å². The first-order valence-corrected chi connectivity index (χ1v) is 7.83. The van der Waals surface area contributed by atoms with Crippen LogP contribution in [0.3, 0.4) is 0 Å². The van der Waals surface area contributed by atoms with Gasteiger partial charge in [0.1, 0.15) is 0 Å². The van der Waals surface area contributed by atoms with Crippen LogP contribution in [-0.4, -0.2) is 55.4 Å². The number of nitrogens with one attached hydrogen (secondary N) is 1. The summed E-state index contributed by atoms with van der Waals surface area (Å²) in [5, 5.41) is 15.1. The summed E-state index contributed by atoms with van der Waals surface area (Å²) in [6.45, 7) is 3.56. The molecular weight excluding hydrogens is 260 g/mol. The zero-order valence-electron chi connectivity index (χ0n) is 11.5. The summed E-state index contributed by atoms with van der Waals surface area (Å²) >= 11 is 1.68. The maximum Gasteiger partial charge on any atom is 0.0897 e. The number of hydrogen-bond acceptors (Lipinski definition) is 5. The first-order chi connectivity index (χ1) is 9.25. The van der Waals surface area contributed by atoms with Crippen LogP contribution in [0.15, 0.2) is 17.5 Å². The normalized spacial score (nSPS) is 17.0. The van der Waals surface area contributed by atoms with Crippen molar-refractivity contribution in [1.82, 2.24) is 10.2 Å². The first kappa shape index (κ1) is 14.9. The van der Waals surface area contributed by atoms with E-state index in [-0.39, 0.29) is 0 Å². The molecule has 2 N–H and O–H groups in total. The van der Waals surface area contributed by atoms with E-state index in [2.05, 4.69) is 17.3 Å². The molecule has 2 rings (SSSR count). The van der Waals surface area contributed by atoms with E-state index in [0.717, 1.165) is 19.1 Å². The second-order valence-corrected chi connectivity index (χ2v) is 6.20. The number of aliphatic hydroxyl groups excluding tert-OH is 1. The predicted octanol–water partition coefficient (Wildman–Crippen LogP) is 1.31. The first-order valence-electron chi connectivity index (χ1n) is 6.95. The fourth-order valence-corrected chi connectivity index (χ4v) is 2.61. The van der Waals surface area contributed by atoms with E-state index in [1.54, 1.807) is 11.3 Å². The summed E-state index contributed by atoms with van der Waals surface area (Å²) < 4.78 is 5.48. The summed E-state index contributed by atoms with van der Waals surface area (Å²) in [6.07, 6.45) is 2.26. The molecule has 0 amide bonds. The Kier molecular flexibility index (Phi) is 6.26. The zero-order chi connectivity index (χ0) is 13.5. The van der Waals surface area contributed by atoms with Crippen molar-refractivity contribution in [3.8, 4) is 0 Å². The zero-order valence-corrected chi connectivity index (χ0v) is 12.4. The minimum absolute atomic E-state index is 0.392. The van der Waals surface area contributed by atoms with E-state index in [4.69, 9.17) is 4.74 Å². The number of rotatable bonds is 10. The minimum Gasteiger partial charge on any atom is -0.389 e. The molecule has 1 atom stereocenters. The molecule has 1 aliphatic carbocycles. The van der Waals surface area contributed by atoms with Gasteiger partial charge in [0.2, 0.25) is 0 Å². The van der Waals surface area contributed by atoms with Gasteiger partial charge in [-0.3, -0.25) is 0 Å². The lowest BCUT2D eigenvalue weighted by Crippen LogP contribution is -2.36. The van der Waals surface area contributed by atoms with Gasteiger partial charge in [-0.15, -0.1) is 11.3 Å². The topological polar surface area (TPSA) is 44.7 Å². The van der Waals surface area contributed by atoms with Gasteiger partial charge in [-0.2, -0.15) is 0 Å². The average molecular weight is 284 g/mol. The molecule has 0 aliphatic heterocycles. The predicted molar refractivity (Wildman–Crippen MR) is 78.5 cm³/mol. The van der Waals surface area contributed by atoms with E-state index < -0.39 is 6.10 Å². The molecule has 1 aromatic heterocycles. The molecule has 1 unspecified atom stereocenters. The molecule has 1 aliphatic rings. The molecule has 0 saturated heterocycles. The quantitative estimate of drug-likeness (QED) is 0.636. The molecule has 1 aromatic rings. The largest absolute Gasteiger partial charge is 0.389 e. The molecule has 0 bridgehead atoms. The van der Waals surface area contributed by atoms with Gasteiger partial charge in [-0.05, 0) is 31.3 Å². The molecule has 19 heavy (non-hydrogen) atoms. The molecule has 5 heteroatoms. The Morgan fingerprint density at radius 3 is 3.11 bits per heavy atom. The number of nitrogens with zero attached hydrogens (tertiary/aromatic N) is 1. The highest BCUT2D eigenvalue weighted by atomic mass is 32.1. The molecule has 0 aromatic carbocycles. The summed E-state index contributed by atoms with van der Waals surface area (Å²) in [6, 6.07) is 4.86. The molecule has 0 spiro atoms. The highest BCUT2D eigenvalue weighted by Crippen LogP contribution is 2.24. The molecule has 108 valence electrons. The lowest BCUT2D eigenvalue weighted by Gasteiger charge is -2.17. The van der Waals surface area contributed by atoms with E-state index in [9.17, 15) is 5.11 Å². The van der Waals surface area contributed by atoms with Gasteiger partial charge >= 0.3 is 0 Å². The maximum absolute atomic E-state index is 9.77. The van der Waals surface area contributed by atoms with E-state index in [0.29, 0.717) is 19.8 Å². The van der Waals surface area contributed by atoms with E-state index in [1.807, 2.05) is 17.5 Å². The summed E-state index contributed by atoms with van der Waals surface area (Å²) in [5.74, 6) is 0. The van der Waals surface area contributed by atoms with E-state index in [1.165, 1.54) is 17.7 Å². The van der Waals surface area contributed by atoms with Gasteiger partial charge in [0.15, 0.2) is 0 Å². The smallest absolute Gasteiger partial charge is 0.0897 e. The number of hydrogen-bond donors (Lipinski definition) is 2. The Labute approximate surface area is 119 Å². The fraction of sp³-hybridized carbons (Fsp3) is 0.714. The van der Waals surface area contributed by atoms with Crippen LogP contribution in [0.2, 0.25) is 0 Å². The highest BCUT2D eigenvalue weighted by Gasteiger charge is 2.25. The van der Waals surface area contributed by atoms with Crippen LogP contribution < -0.4 is 5.32 Å². The van der Waals surface area contributed by atoms with Gasteiger partial charge in [-0.1, -0.05) is 6.07 Å². The van der Waals surface area contributed by atoms with Gasteiger partial charge in [0, 0.05) is 30.6 Å². The number of aliphatic hydroxyl groups is 1. The Hall–Kier alpha value is -0.460. The standard InChI is InChI=1S/C14H24N2O2S/c1-16(12-4-5-12)7-6-15-9-13(17)10-18-11-14-3-2-8-19-14/h2-3,8,12-13,15,17H,4-7,9-11H2,1H3. The van der Waals surface area contributed by atoms with Crippen molar-refractivity contribution in [3.05, 3.63) is 22.4 Å². The minimum atomic E-state index is -0.425. The molecule has 4 nitrogen and oxygen atoms in total. The van der Waals surface area contributed by atoms with Gasteiger partial charge in [-0.25, -0.2) is 0 Å². The number of thiophene rings is 1. The monoisotopic (exact) mass is 284 g/mol. The Morgan fingerprint density at radius 1 is 1.58 bits per heavy atom. The van der Waals surface area contributed by atoms with E-state index >= 15 is 0 Å². The molecule has 1 heterocycles. The van der Waals surface area contributed by atoms with Crippen LogP contribution in [0.5, 0.6) is 0 Å². The van der Waals surface area contributed by atoms with Crippen molar-refractivity contribution >= 4 is 11.3 Å². The van der Waals surface area contributed by atoms with Crippen molar-refractivity contribution in [1.29, 1.82) is 0 Å². The highest BCUT2D eigenvalue weighted by molar-refractivity contribution is 7.09. The Bertz CT molecular complexity index is 341.